The van der Waals surface area contributed by atoms with Crippen LogP contribution in [0.5, 0.6) is 0 Å². The second kappa shape index (κ2) is 13.5. The molecule has 0 aliphatic carbocycles. The zero-order chi connectivity index (χ0) is 29.3. The molecule has 0 radical (unpaired) electrons. The summed E-state index contributed by atoms with van der Waals surface area (Å²) < 4.78 is 5.45. The van der Waals surface area contributed by atoms with Crippen LogP contribution in [0.3, 0.4) is 0 Å². The Balaban J connectivity index is 1.61. The molecule has 8 N–H and O–H groups in total. The van der Waals surface area contributed by atoms with Crippen molar-refractivity contribution in [1.29, 1.82) is 0 Å². The molecular formula is C27H36N8O5. The predicted octanol–water partition coefficient (Wildman–Crippen LogP) is 1.20. The number of rotatable bonds is 12. The fraction of sp³-hybridized carbons (Fsp3) is 0.407. The number of pyridine rings is 1. The fourth-order valence-corrected chi connectivity index (χ4v) is 3.67. The number of carbonyl (C=O) groups is 3. The van der Waals surface area contributed by atoms with E-state index < -0.39 is 29.1 Å². The predicted molar refractivity (Wildman–Crippen MR) is 151 cm³/mol. The minimum atomic E-state index is -1.00. The van der Waals surface area contributed by atoms with Gasteiger partial charge < -0.3 is 32.2 Å². The molecule has 0 aliphatic heterocycles. The van der Waals surface area contributed by atoms with E-state index in [1.54, 1.807) is 57.2 Å². The third-order valence-electron chi connectivity index (χ3n) is 5.61. The van der Waals surface area contributed by atoms with Crippen LogP contribution in [0.1, 0.15) is 56.1 Å². The molecule has 3 rings (SSSR count). The van der Waals surface area contributed by atoms with Crippen molar-refractivity contribution >= 4 is 40.5 Å². The number of aromatic nitrogens is 3. The Hall–Kier alpha value is -4.52. The van der Waals surface area contributed by atoms with E-state index in [4.69, 9.17) is 16.2 Å². The number of nitrogens with one attached hydrogen (secondary N) is 4. The van der Waals surface area contributed by atoms with Gasteiger partial charge in [-0.2, -0.15) is 0 Å². The summed E-state index contributed by atoms with van der Waals surface area (Å²) in [7, 11) is 0. The quantitative estimate of drug-likeness (QED) is 0.140. The molecule has 40 heavy (non-hydrogen) atoms. The lowest BCUT2D eigenvalue weighted by atomic mass is 10.1. The number of amides is 2. The number of carbonyl (C=O) groups excluding carboxylic acids is 3. The monoisotopic (exact) mass is 552 g/mol. The van der Waals surface area contributed by atoms with Crippen LogP contribution >= 0.6 is 0 Å². The highest BCUT2D eigenvalue weighted by Crippen LogP contribution is 2.15. The number of H-pyrrole nitrogens is 1. The van der Waals surface area contributed by atoms with Crippen LogP contribution in [0.25, 0.3) is 11.0 Å². The number of anilines is 2. The summed E-state index contributed by atoms with van der Waals surface area (Å²) in [6, 6.07) is 9.03. The van der Waals surface area contributed by atoms with Gasteiger partial charge in [-0.15, -0.1) is 0 Å². The maximum atomic E-state index is 12.9. The topological polar surface area (TPSA) is 207 Å². The summed E-state index contributed by atoms with van der Waals surface area (Å²) >= 11 is 0. The Morgan fingerprint density at radius 1 is 1.07 bits per heavy atom. The van der Waals surface area contributed by atoms with Crippen molar-refractivity contribution < 1.29 is 19.1 Å². The second-order valence-electron chi connectivity index (χ2n) is 10.1. The normalized spacial score (nSPS) is 12.0. The number of nitrogens with zero attached hydrogens (tertiary/aromatic N) is 2. The first-order valence-corrected chi connectivity index (χ1v) is 12.9. The molecular weight excluding hydrogens is 516 g/mol. The molecule has 0 saturated heterocycles. The zero-order valence-electron chi connectivity index (χ0n) is 22.9. The van der Waals surface area contributed by atoms with Gasteiger partial charge in [0.25, 0.3) is 11.5 Å². The Morgan fingerprint density at radius 3 is 2.48 bits per heavy atom. The molecule has 2 amide bonds. The highest BCUT2D eigenvalue weighted by molar-refractivity contribution is 5.97. The summed E-state index contributed by atoms with van der Waals surface area (Å²) in [5.74, 6) is -1.31. The highest BCUT2D eigenvalue weighted by atomic mass is 16.6. The largest absolute Gasteiger partial charge is 0.458 e. The van der Waals surface area contributed by atoms with Crippen LogP contribution in [0, 0.1) is 0 Å². The number of hydrogen-bond acceptors (Lipinski definition) is 10. The van der Waals surface area contributed by atoms with Gasteiger partial charge in [0.1, 0.15) is 11.6 Å². The number of ether oxygens (including phenoxy) is 1. The fourth-order valence-electron chi connectivity index (χ4n) is 3.67. The molecule has 0 bridgehead atoms. The summed E-state index contributed by atoms with van der Waals surface area (Å²) in [6.45, 7) is 6.41. The van der Waals surface area contributed by atoms with E-state index in [-0.39, 0.29) is 30.2 Å². The SMILES string of the molecule is CC(C)(C)OC(=O)[C@H](CCC(=O)NCCCN)NC(=O)c1ccc(NCc2ccc3nc(N)[nH]c(=O)c3n2)cc1. The Labute approximate surface area is 231 Å². The molecule has 0 spiro atoms. The lowest BCUT2D eigenvalue weighted by Gasteiger charge is -2.24. The van der Waals surface area contributed by atoms with Gasteiger partial charge in [-0.3, -0.25) is 19.4 Å². The van der Waals surface area contributed by atoms with E-state index in [0.717, 1.165) is 0 Å². The number of nitrogen functional groups attached to an aromatic ring is 1. The van der Waals surface area contributed by atoms with Gasteiger partial charge in [0.15, 0.2) is 5.52 Å². The van der Waals surface area contributed by atoms with Crippen molar-refractivity contribution in [3.63, 3.8) is 0 Å². The van der Waals surface area contributed by atoms with Crippen LogP contribution < -0.4 is 33.0 Å². The molecule has 13 heteroatoms. The van der Waals surface area contributed by atoms with Crippen molar-refractivity contribution in [3.05, 3.63) is 58.0 Å². The number of nitrogens with two attached hydrogens (primary N) is 2. The third-order valence-corrected chi connectivity index (χ3v) is 5.61. The van der Waals surface area contributed by atoms with Gasteiger partial charge in [0.05, 0.1) is 17.8 Å². The smallest absolute Gasteiger partial charge is 0.329 e. The first-order valence-electron chi connectivity index (χ1n) is 12.9. The Kier molecular flexibility index (Phi) is 10.1. The number of esters is 1. The molecule has 2 aromatic heterocycles. The molecule has 0 unspecified atom stereocenters. The summed E-state index contributed by atoms with van der Waals surface area (Å²) in [4.78, 5) is 60.7. The van der Waals surface area contributed by atoms with Crippen LogP contribution in [0.15, 0.2) is 41.2 Å². The number of aromatic amines is 1. The molecule has 1 atom stereocenters. The van der Waals surface area contributed by atoms with Gasteiger partial charge in [0, 0.05) is 24.2 Å². The maximum absolute atomic E-state index is 12.9. The van der Waals surface area contributed by atoms with Crippen LogP contribution in [-0.4, -0.2) is 57.5 Å². The van der Waals surface area contributed by atoms with Gasteiger partial charge in [-0.1, -0.05) is 0 Å². The maximum Gasteiger partial charge on any atom is 0.329 e. The molecule has 13 nitrogen and oxygen atoms in total. The standard InChI is InChI=1S/C27H36N8O5/c1-27(2,3)40-25(39)20(11-12-21(36)30-14-4-13-28)33-23(37)16-5-7-17(8-6-16)31-15-18-9-10-19-22(32-18)24(38)35-26(29)34-19/h5-10,20,31H,4,11-15,28H2,1-3H3,(H,30,36)(H,33,37)(H3,29,34,35,38)/t20-/m0/s1. The lowest BCUT2D eigenvalue weighted by molar-refractivity contribution is -0.157. The molecule has 1 aromatic carbocycles. The Bertz CT molecular complexity index is 1400. The third kappa shape index (κ3) is 9.05. The minimum Gasteiger partial charge on any atom is -0.458 e. The zero-order valence-corrected chi connectivity index (χ0v) is 22.9. The van der Waals surface area contributed by atoms with Crippen molar-refractivity contribution in [3.8, 4) is 0 Å². The molecule has 0 aliphatic rings. The summed E-state index contributed by atoms with van der Waals surface area (Å²) in [6.07, 6.45) is 0.767. The number of fused-ring (bicyclic) bond motifs is 1. The molecule has 0 saturated carbocycles. The van der Waals surface area contributed by atoms with Gasteiger partial charge in [-0.25, -0.2) is 14.8 Å². The minimum absolute atomic E-state index is 0.0236. The second-order valence-corrected chi connectivity index (χ2v) is 10.1. The van der Waals surface area contributed by atoms with Crippen molar-refractivity contribution in [2.45, 2.75) is 58.2 Å². The van der Waals surface area contributed by atoms with E-state index in [1.807, 2.05) is 0 Å². The van der Waals surface area contributed by atoms with Crippen LogP contribution in [0.4, 0.5) is 11.6 Å². The first-order chi connectivity index (χ1) is 18.9. The summed E-state index contributed by atoms with van der Waals surface area (Å²) in [5, 5.41) is 8.61. The lowest BCUT2D eigenvalue weighted by Crippen LogP contribution is -2.44. The average Bonchev–Trinajstić information content (AvgIpc) is 2.89. The van der Waals surface area contributed by atoms with E-state index in [1.165, 1.54) is 0 Å². The van der Waals surface area contributed by atoms with Gasteiger partial charge >= 0.3 is 5.97 Å². The van der Waals surface area contributed by atoms with Crippen LogP contribution in [-0.2, 0) is 20.9 Å². The van der Waals surface area contributed by atoms with Gasteiger partial charge in [0.2, 0.25) is 11.9 Å². The summed E-state index contributed by atoms with van der Waals surface area (Å²) in [5.41, 5.74) is 12.1. The Morgan fingerprint density at radius 2 is 1.80 bits per heavy atom. The van der Waals surface area contributed by atoms with Gasteiger partial charge in [-0.05, 0) is 76.6 Å². The molecule has 0 fully saturated rings. The molecule has 2 heterocycles. The van der Waals surface area contributed by atoms with E-state index in [9.17, 15) is 19.2 Å². The van der Waals surface area contributed by atoms with E-state index in [2.05, 4.69) is 30.9 Å². The molecule has 3 aromatic rings. The first kappa shape index (κ1) is 30.0. The van der Waals surface area contributed by atoms with E-state index >= 15 is 0 Å². The van der Waals surface area contributed by atoms with Crippen LogP contribution in [0.2, 0.25) is 0 Å². The molecule has 214 valence electrons. The van der Waals surface area contributed by atoms with E-state index in [0.29, 0.717) is 48.5 Å². The average molecular weight is 553 g/mol. The van der Waals surface area contributed by atoms with Crippen molar-refractivity contribution in [2.24, 2.45) is 5.73 Å². The van der Waals surface area contributed by atoms with Crippen molar-refractivity contribution in [2.75, 3.05) is 24.1 Å². The van der Waals surface area contributed by atoms with Crippen molar-refractivity contribution in [1.82, 2.24) is 25.6 Å². The number of hydrogen-bond donors (Lipinski definition) is 6. The number of benzene rings is 1. The highest BCUT2D eigenvalue weighted by Gasteiger charge is 2.27.